The summed E-state index contributed by atoms with van der Waals surface area (Å²) >= 11 is 0. The monoisotopic (exact) mass is 166 g/mol. The van der Waals surface area contributed by atoms with Crippen molar-refractivity contribution in [2.45, 2.75) is 26.3 Å². The van der Waals surface area contributed by atoms with E-state index < -0.39 is 0 Å². The highest BCUT2D eigenvalue weighted by molar-refractivity contribution is 4.95. The third-order valence-corrected chi connectivity index (χ3v) is 2.39. The van der Waals surface area contributed by atoms with Crippen LogP contribution in [0.4, 0.5) is 0 Å². The van der Waals surface area contributed by atoms with Gasteiger partial charge in [-0.15, -0.1) is 0 Å². The zero-order valence-corrected chi connectivity index (χ0v) is 7.32. The number of aromatic nitrogens is 3. The minimum absolute atomic E-state index is 0.596. The van der Waals surface area contributed by atoms with Gasteiger partial charge in [0.2, 0.25) is 0 Å². The number of aryl methyl sites for hydroxylation is 2. The van der Waals surface area contributed by atoms with Gasteiger partial charge in [0, 0.05) is 13.0 Å². The van der Waals surface area contributed by atoms with Crippen molar-refractivity contribution < 1.29 is 0 Å². The molecule has 2 N–H and O–H groups in total. The van der Waals surface area contributed by atoms with Crippen LogP contribution in [0.5, 0.6) is 0 Å². The lowest BCUT2D eigenvalue weighted by atomic mass is 10.0. The van der Waals surface area contributed by atoms with Crippen molar-refractivity contribution in [3.8, 4) is 0 Å². The van der Waals surface area contributed by atoms with E-state index in [1.54, 1.807) is 0 Å². The Labute approximate surface area is 71.8 Å². The Morgan fingerprint density at radius 3 is 3.25 bits per heavy atom. The largest absolute Gasteiger partial charge is 0.330 e. The van der Waals surface area contributed by atoms with Crippen LogP contribution in [-0.4, -0.2) is 21.3 Å². The van der Waals surface area contributed by atoms with E-state index in [1.807, 2.05) is 11.6 Å². The maximum Gasteiger partial charge on any atom is 0.147 e. The Morgan fingerprint density at radius 2 is 2.50 bits per heavy atom. The standard InChI is InChI=1S/C8H14N4/c1-6-10-8-3-2-7(4-9)5-12(8)11-6/h7H,2-5,9H2,1H3. The van der Waals surface area contributed by atoms with Crippen molar-refractivity contribution in [3.63, 3.8) is 0 Å². The van der Waals surface area contributed by atoms with Gasteiger partial charge in [-0.3, -0.25) is 0 Å². The van der Waals surface area contributed by atoms with Gasteiger partial charge in [-0.2, -0.15) is 5.10 Å². The average molecular weight is 166 g/mol. The molecule has 66 valence electrons. The van der Waals surface area contributed by atoms with Gasteiger partial charge in [-0.05, 0) is 25.8 Å². The molecule has 2 heterocycles. The molecule has 1 aliphatic heterocycles. The molecule has 0 fully saturated rings. The second kappa shape index (κ2) is 2.86. The highest BCUT2D eigenvalue weighted by Gasteiger charge is 2.19. The quantitative estimate of drug-likeness (QED) is 0.644. The Morgan fingerprint density at radius 1 is 1.67 bits per heavy atom. The SMILES string of the molecule is Cc1nc2n(n1)CC(CN)CC2. The van der Waals surface area contributed by atoms with Crippen LogP contribution in [0.3, 0.4) is 0 Å². The highest BCUT2D eigenvalue weighted by atomic mass is 15.3. The Bertz CT molecular complexity index is 279. The van der Waals surface area contributed by atoms with E-state index >= 15 is 0 Å². The minimum Gasteiger partial charge on any atom is -0.330 e. The van der Waals surface area contributed by atoms with Gasteiger partial charge in [-0.1, -0.05) is 0 Å². The van der Waals surface area contributed by atoms with E-state index in [0.717, 1.165) is 37.6 Å². The predicted molar refractivity (Wildman–Crippen MR) is 45.6 cm³/mol. The number of nitrogens with two attached hydrogens (primary N) is 1. The molecule has 1 aromatic heterocycles. The molecule has 12 heavy (non-hydrogen) atoms. The summed E-state index contributed by atoms with van der Waals surface area (Å²) in [5, 5.41) is 4.30. The second-order valence-electron chi connectivity index (χ2n) is 3.40. The maximum absolute atomic E-state index is 5.61. The summed E-state index contributed by atoms with van der Waals surface area (Å²) in [6.07, 6.45) is 2.19. The Balaban J connectivity index is 2.22. The van der Waals surface area contributed by atoms with Crippen LogP contribution >= 0.6 is 0 Å². The van der Waals surface area contributed by atoms with Crippen LogP contribution in [0, 0.1) is 12.8 Å². The van der Waals surface area contributed by atoms with Crippen LogP contribution in [0.25, 0.3) is 0 Å². The fourth-order valence-electron chi connectivity index (χ4n) is 1.69. The first kappa shape index (κ1) is 7.73. The molecule has 1 aliphatic rings. The molecule has 0 amide bonds. The molecule has 2 rings (SSSR count). The van der Waals surface area contributed by atoms with E-state index in [2.05, 4.69) is 10.1 Å². The molecule has 0 aromatic carbocycles. The number of hydrogen-bond acceptors (Lipinski definition) is 3. The molecule has 1 atom stereocenters. The van der Waals surface area contributed by atoms with Crippen LogP contribution in [0.2, 0.25) is 0 Å². The first-order chi connectivity index (χ1) is 5.79. The third kappa shape index (κ3) is 1.22. The number of nitrogens with zero attached hydrogens (tertiary/aromatic N) is 3. The summed E-state index contributed by atoms with van der Waals surface area (Å²) in [5.41, 5.74) is 5.61. The number of hydrogen-bond donors (Lipinski definition) is 1. The first-order valence-corrected chi connectivity index (χ1v) is 4.40. The predicted octanol–water partition coefficient (Wildman–Crippen LogP) is 0.108. The molecule has 0 aliphatic carbocycles. The molecular weight excluding hydrogens is 152 g/mol. The van der Waals surface area contributed by atoms with Crippen LogP contribution in [0.1, 0.15) is 18.1 Å². The van der Waals surface area contributed by atoms with Crippen molar-refractivity contribution in [2.24, 2.45) is 11.7 Å². The van der Waals surface area contributed by atoms with Gasteiger partial charge in [0.25, 0.3) is 0 Å². The zero-order valence-electron chi connectivity index (χ0n) is 7.32. The number of rotatable bonds is 1. The van der Waals surface area contributed by atoms with Gasteiger partial charge in [0.05, 0.1) is 0 Å². The van der Waals surface area contributed by atoms with Gasteiger partial charge in [-0.25, -0.2) is 9.67 Å². The molecule has 0 spiro atoms. The molecule has 1 unspecified atom stereocenters. The maximum atomic E-state index is 5.61. The Kier molecular flexibility index (Phi) is 1.84. The van der Waals surface area contributed by atoms with Gasteiger partial charge in [0.15, 0.2) is 0 Å². The van der Waals surface area contributed by atoms with E-state index in [4.69, 9.17) is 5.73 Å². The van der Waals surface area contributed by atoms with E-state index in [-0.39, 0.29) is 0 Å². The van der Waals surface area contributed by atoms with E-state index in [0.29, 0.717) is 5.92 Å². The van der Waals surface area contributed by atoms with Crippen molar-refractivity contribution in [3.05, 3.63) is 11.6 Å². The fourth-order valence-corrected chi connectivity index (χ4v) is 1.69. The van der Waals surface area contributed by atoms with Crippen LogP contribution in [-0.2, 0) is 13.0 Å². The van der Waals surface area contributed by atoms with Gasteiger partial charge >= 0.3 is 0 Å². The van der Waals surface area contributed by atoms with Crippen molar-refractivity contribution >= 4 is 0 Å². The summed E-state index contributed by atoms with van der Waals surface area (Å²) in [5.74, 6) is 2.60. The highest BCUT2D eigenvalue weighted by Crippen LogP contribution is 2.16. The second-order valence-corrected chi connectivity index (χ2v) is 3.40. The topological polar surface area (TPSA) is 56.7 Å². The van der Waals surface area contributed by atoms with Gasteiger partial charge < -0.3 is 5.73 Å². The number of fused-ring (bicyclic) bond motifs is 1. The lowest BCUT2D eigenvalue weighted by Crippen LogP contribution is -2.27. The fraction of sp³-hybridized carbons (Fsp3) is 0.750. The molecule has 0 saturated heterocycles. The molecule has 4 heteroatoms. The molecular formula is C8H14N4. The third-order valence-electron chi connectivity index (χ3n) is 2.39. The Hall–Kier alpha value is -0.900. The summed E-state index contributed by atoms with van der Waals surface area (Å²) in [7, 11) is 0. The van der Waals surface area contributed by atoms with Crippen molar-refractivity contribution in [2.75, 3.05) is 6.54 Å². The van der Waals surface area contributed by atoms with Crippen molar-refractivity contribution in [1.29, 1.82) is 0 Å². The van der Waals surface area contributed by atoms with Crippen LogP contribution in [0.15, 0.2) is 0 Å². The minimum atomic E-state index is 0.596. The molecule has 4 nitrogen and oxygen atoms in total. The lowest BCUT2D eigenvalue weighted by molar-refractivity contribution is 0.350. The molecule has 0 bridgehead atoms. The normalized spacial score (nSPS) is 22.3. The smallest absolute Gasteiger partial charge is 0.147 e. The summed E-state index contributed by atoms with van der Waals surface area (Å²) in [6, 6.07) is 0. The summed E-state index contributed by atoms with van der Waals surface area (Å²) in [4.78, 5) is 4.33. The average Bonchev–Trinajstić information content (AvgIpc) is 2.43. The van der Waals surface area contributed by atoms with E-state index in [1.165, 1.54) is 0 Å². The summed E-state index contributed by atoms with van der Waals surface area (Å²) in [6.45, 7) is 3.65. The molecule has 0 radical (unpaired) electrons. The lowest BCUT2D eigenvalue weighted by Gasteiger charge is -2.20. The van der Waals surface area contributed by atoms with Crippen LogP contribution < -0.4 is 5.73 Å². The zero-order chi connectivity index (χ0) is 8.55. The molecule has 1 aromatic rings. The first-order valence-electron chi connectivity index (χ1n) is 4.40. The van der Waals surface area contributed by atoms with Gasteiger partial charge in [0.1, 0.15) is 11.6 Å². The van der Waals surface area contributed by atoms with E-state index in [9.17, 15) is 0 Å². The van der Waals surface area contributed by atoms with Crippen molar-refractivity contribution in [1.82, 2.24) is 14.8 Å². The summed E-state index contributed by atoms with van der Waals surface area (Å²) < 4.78 is 2.00. The molecule has 0 saturated carbocycles.